The molecule has 1 aliphatic heterocycles. The number of ether oxygens (including phenoxy) is 1. The van der Waals surface area contributed by atoms with E-state index in [-0.39, 0.29) is 30.4 Å². The van der Waals surface area contributed by atoms with Crippen LogP contribution in [0.2, 0.25) is 0 Å². The molecule has 2 atom stereocenters. The fourth-order valence-corrected chi connectivity index (χ4v) is 2.86. The van der Waals surface area contributed by atoms with Gasteiger partial charge in [-0.3, -0.25) is 9.59 Å². The quantitative estimate of drug-likeness (QED) is 0.768. The van der Waals surface area contributed by atoms with Gasteiger partial charge in [0.25, 0.3) is 5.91 Å². The van der Waals surface area contributed by atoms with Crippen molar-refractivity contribution in [1.82, 2.24) is 0 Å². The van der Waals surface area contributed by atoms with Crippen molar-refractivity contribution in [3.63, 3.8) is 0 Å². The van der Waals surface area contributed by atoms with Crippen molar-refractivity contribution in [2.75, 3.05) is 17.2 Å². The average Bonchev–Trinajstić information content (AvgIpc) is 2.47. The first-order chi connectivity index (χ1) is 10.1. The zero-order chi connectivity index (χ0) is 14.8. The number of anilines is 2. The summed E-state index contributed by atoms with van der Waals surface area (Å²) in [5, 5.41) is 5.62. The summed E-state index contributed by atoms with van der Waals surface area (Å²) in [6, 6.07) is 5.34. The van der Waals surface area contributed by atoms with Crippen LogP contribution in [0.3, 0.4) is 0 Å². The Kier molecular flexibility index (Phi) is 3.79. The molecule has 21 heavy (non-hydrogen) atoms. The fourth-order valence-electron chi connectivity index (χ4n) is 2.86. The van der Waals surface area contributed by atoms with E-state index in [0.29, 0.717) is 17.1 Å². The second-order valence-electron chi connectivity index (χ2n) is 5.66. The van der Waals surface area contributed by atoms with Crippen molar-refractivity contribution < 1.29 is 14.3 Å². The Labute approximate surface area is 123 Å². The van der Waals surface area contributed by atoms with Crippen LogP contribution in [0.1, 0.15) is 25.7 Å². The van der Waals surface area contributed by atoms with E-state index >= 15 is 0 Å². The maximum absolute atomic E-state index is 12.3. The molecule has 0 radical (unpaired) electrons. The van der Waals surface area contributed by atoms with Crippen LogP contribution in [0.15, 0.2) is 18.2 Å². The summed E-state index contributed by atoms with van der Waals surface area (Å²) in [7, 11) is 0. The van der Waals surface area contributed by atoms with Gasteiger partial charge in [0.1, 0.15) is 5.75 Å². The zero-order valence-electron chi connectivity index (χ0n) is 11.7. The molecule has 1 aromatic carbocycles. The SMILES string of the molecule is NC1CCCC(C(=O)Nc2ccc3c(c2)OCC(=O)N3)C1. The maximum Gasteiger partial charge on any atom is 0.262 e. The van der Waals surface area contributed by atoms with Gasteiger partial charge in [0.05, 0.1) is 5.69 Å². The lowest BCUT2D eigenvalue weighted by atomic mass is 9.85. The summed E-state index contributed by atoms with van der Waals surface area (Å²) in [5.41, 5.74) is 7.22. The summed E-state index contributed by atoms with van der Waals surface area (Å²) < 4.78 is 5.34. The van der Waals surface area contributed by atoms with Crippen molar-refractivity contribution in [2.24, 2.45) is 11.7 Å². The minimum atomic E-state index is -0.171. The first kappa shape index (κ1) is 13.9. The molecule has 4 N–H and O–H groups in total. The molecule has 1 fully saturated rings. The third-order valence-corrected chi connectivity index (χ3v) is 3.97. The van der Waals surface area contributed by atoms with Crippen LogP contribution in [0.4, 0.5) is 11.4 Å². The number of fused-ring (bicyclic) bond motifs is 1. The highest BCUT2D eigenvalue weighted by Gasteiger charge is 2.25. The maximum atomic E-state index is 12.3. The number of carbonyl (C=O) groups is 2. The third-order valence-electron chi connectivity index (χ3n) is 3.97. The van der Waals surface area contributed by atoms with Crippen LogP contribution in [-0.4, -0.2) is 24.5 Å². The van der Waals surface area contributed by atoms with Gasteiger partial charge in [-0.15, -0.1) is 0 Å². The summed E-state index contributed by atoms with van der Waals surface area (Å²) in [5.74, 6) is 0.388. The molecule has 112 valence electrons. The molecular formula is C15H19N3O3. The van der Waals surface area contributed by atoms with Crippen molar-refractivity contribution in [3.05, 3.63) is 18.2 Å². The number of rotatable bonds is 2. The van der Waals surface area contributed by atoms with Crippen molar-refractivity contribution in [3.8, 4) is 5.75 Å². The summed E-state index contributed by atoms with van der Waals surface area (Å²) >= 11 is 0. The smallest absolute Gasteiger partial charge is 0.262 e. The molecule has 0 saturated heterocycles. The highest BCUT2D eigenvalue weighted by atomic mass is 16.5. The first-order valence-electron chi connectivity index (χ1n) is 7.25. The normalized spacial score (nSPS) is 24.5. The predicted molar refractivity (Wildman–Crippen MR) is 79.1 cm³/mol. The number of carbonyl (C=O) groups excluding carboxylic acids is 2. The number of hydrogen-bond acceptors (Lipinski definition) is 4. The number of benzene rings is 1. The lowest BCUT2D eigenvalue weighted by molar-refractivity contribution is -0.121. The van der Waals surface area contributed by atoms with Crippen LogP contribution >= 0.6 is 0 Å². The second-order valence-corrected chi connectivity index (χ2v) is 5.66. The summed E-state index contributed by atoms with van der Waals surface area (Å²) in [6.45, 7) is 0.00186. The molecule has 2 aliphatic rings. The van der Waals surface area contributed by atoms with Crippen LogP contribution in [0.25, 0.3) is 0 Å². The Morgan fingerprint density at radius 2 is 2.24 bits per heavy atom. The molecule has 0 bridgehead atoms. The molecule has 1 heterocycles. The highest BCUT2D eigenvalue weighted by molar-refractivity contribution is 5.97. The highest BCUT2D eigenvalue weighted by Crippen LogP contribution is 2.31. The van der Waals surface area contributed by atoms with Gasteiger partial charge < -0.3 is 21.1 Å². The van der Waals surface area contributed by atoms with Gasteiger partial charge in [-0.05, 0) is 31.4 Å². The average molecular weight is 289 g/mol. The van der Waals surface area contributed by atoms with Crippen molar-refractivity contribution >= 4 is 23.2 Å². The minimum Gasteiger partial charge on any atom is -0.482 e. The second kappa shape index (κ2) is 5.73. The first-order valence-corrected chi connectivity index (χ1v) is 7.25. The standard InChI is InChI=1S/C15H19N3O3/c16-10-3-1-2-9(6-10)15(20)17-11-4-5-12-13(7-11)21-8-14(19)18-12/h4-5,7,9-10H,1-3,6,8,16H2,(H,17,20)(H,18,19). The largest absolute Gasteiger partial charge is 0.482 e. The summed E-state index contributed by atoms with van der Waals surface area (Å²) in [4.78, 5) is 23.5. The predicted octanol–water partition coefficient (Wildman–Crippen LogP) is 1.47. The van der Waals surface area contributed by atoms with E-state index in [1.54, 1.807) is 18.2 Å². The van der Waals surface area contributed by atoms with Gasteiger partial charge in [-0.1, -0.05) is 6.42 Å². The lowest BCUT2D eigenvalue weighted by Gasteiger charge is -2.26. The molecule has 1 saturated carbocycles. The Hall–Kier alpha value is -2.08. The van der Waals surface area contributed by atoms with Gasteiger partial charge >= 0.3 is 0 Å². The summed E-state index contributed by atoms with van der Waals surface area (Å²) in [6.07, 6.45) is 3.62. The molecule has 0 aromatic heterocycles. The van der Waals surface area contributed by atoms with Crippen LogP contribution in [0.5, 0.6) is 5.75 Å². The Balaban J connectivity index is 1.67. The third kappa shape index (κ3) is 3.16. The molecule has 2 amide bonds. The van der Waals surface area contributed by atoms with E-state index in [2.05, 4.69) is 10.6 Å². The minimum absolute atomic E-state index is 0.00186. The van der Waals surface area contributed by atoms with E-state index in [0.717, 1.165) is 25.7 Å². The van der Waals surface area contributed by atoms with Gasteiger partial charge in [0.2, 0.25) is 5.91 Å². The van der Waals surface area contributed by atoms with Crippen LogP contribution in [-0.2, 0) is 9.59 Å². The number of amides is 2. The molecular weight excluding hydrogens is 270 g/mol. The lowest BCUT2D eigenvalue weighted by Crippen LogP contribution is -2.34. The van der Waals surface area contributed by atoms with Crippen molar-refractivity contribution in [1.29, 1.82) is 0 Å². The van der Waals surface area contributed by atoms with E-state index in [4.69, 9.17) is 10.5 Å². The molecule has 6 nitrogen and oxygen atoms in total. The molecule has 3 rings (SSSR count). The fraction of sp³-hybridized carbons (Fsp3) is 0.467. The molecule has 1 aliphatic carbocycles. The number of nitrogens with two attached hydrogens (primary N) is 1. The molecule has 2 unspecified atom stereocenters. The topological polar surface area (TPSA) is 93.5 Å². The van der Waals surface area contributed by atoms with Gasteiger partial charge in [0, 0.05) is 23.7 Å². The van der Waals surface area contributed by atoms with Crippen LogP contribution in [0, 0.1) is 5.92 Å². The van der Waals surface area contributed by atoms with Gasteiger partial charge in [-0.2, -0.15) is 0 Å². The van der Waals surface area contributed by atoms with E-state index in [1.807, 2.05) is 0 Å². The zero-order valence-corrected chi connectivity index (χ0v) is 11.7. The molecule has 0 spiro atoms. The Morgan fingerprint density at radius 3 is 3.05 bits per heavy atom. The number of nitrogens with one attached hydrogen (secondary N) is 2. The van der Waals surface area contributed by atoms with Crippen LogP contribution < -0.4 is 21.1 Å². The van der Waals surface area contributed by atoms with E-state index in [9.17, 15) is 9.59 Å². The monoisotopic (exact) mass is 289 g/mol. The van der Waals surface area contributed by atoms with E-state index in [1.165, 1.54) is 0 Å². The Morgan fingerprint density at radius 1 is 1.38 bits per heavy atom. The van der Waals surface area contributed by atoms with Crippen molar-refractivity contribution in [2.45, 2.75) is 31.7 Å². The number of hydrogen-bond donors (Lipinski definition) is 3. The molecule has 1 aromatic rings. The van der Waals surface area contributed by atoms with Gasteiger partial charge in [0.15, 0.2) is 6.61 Å². The van der Waals surface area contributed by atoms with E-state index < -0.39 is 0 Å². The Bertz CT molecular complexity index is 573. The molecule has 6 heteroatoms. The van der Waals surface area contributed by atoms with Gasteiger partial charge in [-0.25, -0.2) is 0 Å².